The first-order valence-corrected chi connectivity index (χ1v) is 6.75. The van der Waals surface area contributed by atoms with Crippen LogP contribution in [0, 0.1) is 0 Å². The Balaban J connectivity index is 2.15. The Morgan fingerprint density at radius 3 is 3.16 bits per heavy atom. The van der Waals surface area contributed by atoms with Crippen molar-refractivity contribution in [2.75, 3.05) is 0 Å². The largest absolute Gasteiger partial charge is 0.370 e. The molecule has 0 radical (unpaired) electrons. The van der Waals surface area contributed by atoms with Crippen LogP contribution in [-0.2, 0) is 17.8 Å². The summed E-state index contributed by atoms with van der Waals surface area (Å²) >= 11 is 1.52. The number of H-pyrrole nitrogens is 1. The molecule has 0 unspecified atom stereocenters. The highest BCUT2D eigenvalue weighted by molar-refractivity contribution is 7.18. The topological polar surface area (TPSA) is 85.2 Å². The average molecular weight is 277 g/mol. The molecule has 3 aromatic rings. The molecule has 1 aliphatic heterocycles. The molecule has 7 nitrogen and oxygen atoms in total. The fourth-order valence-corrected chi connectivity index (χ4v) is 3.66. The van der Waals surface area contributed by atoms with Crippen LogP contribution in [-0.4, -0.2) is 30.6 Å². The molecule has 0 atom stereocenters. The highest BCUT2D eigenvalue weighted by atomic mass is 32.1. The van der Waals surface area contributed by atoms with Crippen LogP contribution in [0.1, 0.15) is 24.3 Å². The van der Waals surface area contributed by atoms with Crippen molar-refractivity contribution < 1.29 is 4.74 Å². The van der Waals surface area contributed by atoms with Crippen molar-refractivity contribution in [3.05, 3.63) is 20.8 Å². The predicted molar refractivity (Wildman–Crippen MR) is 69.4 cm³/mol. The molecule has 0 saturated heterocycles. The van der Waals surface area contributed by atoms with Crippen LogP contribution in [0.15, 0.2) is 4.79 Å². The summed E-state index contributed by atoms with van der Waals surface area (Å²) in [6, 6.07) is 0. The Labute approximate surface area is 111 Å². The van der Waals surface area contributed by atoms with Crippen LogP contribution in [0.3, 0.4) is 0 Å². The van der Waals surface area contributed by atoms with Crippen LogP contribution in [0.4, 0.5) is 0 Å². The molecule has 8 heteroatoms. The molecule has 98 valence electrons. The van der Waals surface area contributed by atoms with Crippen LogP contribution in [0.2, 0.25) is 0 Å². The van der Waals surface area contributed by atoms with Crippen molar-refractivity contribution in [3.63, 3.8) is 0 Å². The van der Waals surface area contributed by atoms with Crippen molar-refractivity contribution in [2.24, 2.45) is 0 Å². The summed E-state index contributed by atoms with van der Waals surface area (Å²) in [6.45, 7) is 4.59. The first kappa shape index (κ1) is 11.1. The molecule has 0 bridgehead atoms. The third kappa shape index (κ3) is 1.47. The Kier molecular flexibility index (Phi) is 1.98. The number of tetrazole rings is 1. The van der Waals surface area contributed by atoms with Gasteiger partial charge in [0.1, 0.15) is 4.83 Å². The third-order valence-electron chi connectivity index (χ3n) is 3.38. The van der Waals surface area contributed by atoms with Gasteiger partial charge in [-0.05, 0) is 29.8 Å². The normalized spacial score (nSPS) is 18.0. The zero-order valence-corrected chi connectivity index (χ0v) is 11.2. The lowest BCUT2D eigenvalue weighted by molar-refractivity contribution is -0.0379. The van der Waals surface area contributed by atoms with E-state index in [9.17, 15) is 4.79 Å². The van der Waals surface area contributed by atoms with E-state index in [2.05, 4.69) is 20.5 Å². The van der Waals surface area contributed by atoms with Crippen LogP contribution >= 0.6 is 11.3 Å². The fourth-order valence-electron chi connectivity index (χ4n) is 2.49. The smallest absolute Gasteiger partial charge is 0.261 e. The van der Waals surface area contributed by atoms with Gasteiger partial charge in [0.25, 0.3) is 11.3 Å². The predicted octanol–water partition coefficient (Wildman–Crippen LogP) is 0.879. The van der Waals surface area contributed by atoms with Crippen molar-refractivity contribution in [3.8, 4) is 0 Å². The summed E-state index contributed by atoms with van der Waals surface area (Å²) in [4.78, 5) is 16.8. The first-order chi connectivity index (χ1) is 9.05. The van der Waals surface area contributed by atoms with Crippen LogP contribution in [0.25, 0.3) is 16.0 Å². The van der Waals surface area contributed by atoms with Gasteiger partial charge in [-0.2, -0.15) is 4.52 Å². The van der Waals surface area contributed by atoms with E-state index < -0.39 is 0 Å². The van der Waals surface area contributed by atoms with Gasteiger partial charge < -0.3 is 4.74 Å². The lowest BCUT2D eigenvalue weighted by Gasteiger charge is -2.29. The molecular formula is C11H11N5O2S. The summed E-state index contributed by atoms with van der Waals surface area (Å²) in [7, 11) is 0. The molecule has 1 aliphatic rings. The number of nitrogens with zero attached hydrogens (tertiary/aromatic N) is 4. The van der Waals surface area contributed by atoms with Gasteiger partial charge in [-0.25, -0.2) is 0 Å². The highest BCUT2D eigenvalue weighted by Gasteiger charge is 2.31. The Hall–Kier alpha value is -1.80. The molecule has 0 spiro atoms. The van der Waals surface area contributed by atoms with E-state index in [4.69, 9.17) is 4.74 Å². The minimum absolute atomic E-state index is 0.132. The lowest BCUT2D eigenvalue weighted by Crippen LogP contribution is -2.31. The summed E-state index contributed by atoms with van der Waals surface area (Å²) in [5.74, 6) is 0.372. The van der Waals surface area contributed by atoms with Gasteiger partial charge in [-0.3, -0.25) is 9.78 Å². The maximum atomic E-state index is 12.2. The lowest BCUT2D eigenvalue weighted by atomic mass is 9.94. The minimum Gasteiger partial charge on any atom is -0.370 e. The second-order valence-corrected chi connectivity index (χ2v) is 6.36. The maximum Gasteiger partial charge on any atom is 0.261 e. The van der Waals surface area contributed by atoms with Crippen LogP contribution in [0.5, 0.6) is 0 Å². The molecule has 0 fully saturated rings. The SMILES string of the molecule is CC1(C)Cc2c(sc3c2c(=O)[nH]c2nnnn23)CO1. The number of rotatable bonds is 0. The average Bonchev–Trinajstić information content (AvgIpc) is 2.91. The Morgan fingerprint density at radius 2 is 2.32 bits per heavy atom. The monoisotopic (exact) mass is 277 g/mol. The Bertz CT molecular complexity index is 859. The van der Waals surface area contributed by atoms with Crippen molar-refractivity contribution in [1.29, 1.82) is 0 Å². The number of aromatic nitrogens is 5. The van der Waals surface area contributed by atoms with Gasteiger partial charge in [-0.1, -0.05) is 5.10 Å². The van der Waals surface area contributed by atoms with Crippen molar-refractivity contribution in [1.82, 2.24) is 25.0 Å². The third-order valence-corrected chi connectivity index (χ3v) is 4.56. The van der Waals surface area contributed by atoms with Crippen molar-refractivity contribution in [2.45, 2.75) is 32.5 Å². The molecule has 4 rings (SSSR count). The number of nitrogens with one attached hydrogen (secondary N) is 1. The van der Waals surface area contributed by atoms with Gasteiger partial charge in [0.15, 0.2) is 0 Å². The number of hydrogen-bond donors (Lipinski definition) is 1. The quantitative estimate of drug-likeness (QED) is 0.659. The van der Waals surface area contributed by atoms with E-state index in [0.29, 0.717) is 17.8 Å². The van der Waals surface area contributed by atoms with Gasteiger partial charge in [0.05, 0.1) is 17.6 Å². The van der Waals surface area contributed by atoms with E-state index >= 15 is 0 Å². The summed E-state index contributed by atoms with van der Waals surface area (Å²) in [5.41, 5.74) is 0.686. The highest BCUT2D eigenvalue weighted by Crippen LogP contribution is 2.37. The number of thiophene rings is 1. The molecule has 0 saturated carbocycles. The number of ether oxygens (including phenoxy) is 1. The molecule has 3 aromatic heterocycles. The molecule has 0 aliphatic carbocycles. The first-order valence-electron chi connectivity index (χ1n) is 5.94. The number of fused-ring (bicyclic) bond motifs is 5. The number of hydrogen-bond acceptors (Lipinski definition) is 6. The van der Waals surface area contributed by atoms with E-state index in [1.165, 1.54) is 11.3 Å². The van der Waals surface area contributed by atoms with Gasteiger partial charge in [0, 0.05) is 11.3 Å². The second-order valence-electron chi connectivity index (χ2n) is 5.28. The van der Waals surface area contributed by atoms with Gasteiger partial charge in [-0.15, -0.1) is 11.3 Å². The minimum atomic E-state index is -0.247. The summed E-state index contributed by atoms with van der Waals surface area (Å²) in [5, 5.41) is 12.0. The molecule has 4 heterocycles. The summed E-state index contributed by atoms with van der Waals surface area (Å²) in [6.07, 6.45) is 0.721. The van der Waals surface area contributed by atoms with E-state index in [1.807, 2.05) is 13.8 Å². The Morgan fingerprint density at radius 1 is 1.47 bits per heavy atom. The molecule has 1 N–H and O–H groups in total. The van der Waals surface area contributed by atoms with E-state index in [1.54, 1.807) is 4.52 Å². The van der Waals surface area contributed by atoms with Crippen molar-refractivity contribution >= 4 is 27.3 Å². The zero-order valence-electron chi connectivity index (χ0n) is 10.4. The molecule has 19 heavy (non-hydrogen) atoms. The standard InChI is InChI=1S/C11H11N5O2S/c1-11(2)3-5-6(4-18-11)19-9-7(5)8(17)12-10-13-14-15-16(9)10/h3-4H2,1-2H3,(H,12,13,15,17). The molecular weight excluding hydrogens is 266 g/mol. The van der Waals surface area contributed by atoms with Gasteiger partial charge >= 0.3 is 0 Å². The molecule has 0 aromatic carbocycles. The van der Waals surface area contributed by atoms with Crippen LogP contribution < -0.4 is 5.56 Å². The maximum absolute atomic E-state index is 12.2. The fraction of sp³-hybridized carbons (Fsp3) is 0.455. The van der Waals surface area contributed by atoms with E-state index in [0.717, 1.165) is 21.7 Å². The number of aromatic amines is 1. The van der Waals surface area contributed by atoms with E-state index in [-0.39, 0.29) is 11.2 Å². The summed E-state index contributed by atoms with van der Waals surface area (Å²) < 4.78 is 7.37. The second kappa shape index (κ2) is 3.40. The zero-order chi connectivity index (χ0) is 13.2. The molecule has 0 amide bonds. The van der Waals surface area contributed by atoms with Gasteiger partial charge in [0.2, 0.25) is 0 Å².